The smallest absolute Gasteiger partial charge is 0.334 e. The molecular weight excluding hydrogens is 359 g/mol. The number of hydrogen-bond donors (Lipinski definition) is 0. The minimum absolute atomic E-state index is 0.250. The van der Waals surface area contributed by atoms with Gasteiger partial charge in [0.1, 0.15) is 5.84 Å². The van der Waals surface area contributed by atoms with Crippen LogP contribution in [0.2, 0.25) is 0 Å². The number of fused-ring (bicyclic) bond motifs is 1. The molecule has 5 nitrogen and oxygen atoms in total. The Kier molecular flexibility index (Phi) is 3.92. The average Bonchev–Trinajstić information content (AvgIpc) is 2.90. The van der Waals surface area contributed by atoms with Crippen molar-refractivity contribution in [2.75, 3.05) is 6.54 Å². The largest absolute Gasteiger partial charge is 0.493 e. The van der Waals surface area contributed by atoms with E-state index in [1.807, 2.05) is 0 Å². The van der Waals surface area contributed by atoms with Gasteiger partial charge in [-0.3, -0.25) is 0 Å². The zero-order chi connectivity index (χ0) is 18.8. The minimum Gasteiger partial charge on any atom is -0.334 e. The normalized spacial score (nSPS) is 40.2. The summed E-state index contributed by atoms with van der Waals surface area (Å²) in [6, 6.07) is 0. The molecule has 6 rings (SSSR count). The van der Waals surface area contributed by atoms with Crippen LogP contribution in [0.5, 0.6) is 0 Å². The molecule has 1 saturated heterocycles. The highest BCUT2D eigenvalue weighted by atomic mass is 19.4. The van der Waals surface area contributed by atoms with Crippen LogP contribution >= 0.6 is 0 Å². The van der Waals surface area contributed by atoms with Crippen molar-refractivity contribution in [1.29, 1.82) is 0 Å². The van der Waals surface area contributed by atoms with E-state index >= 15 is 0 Å². The summed E-state index contributed by atoms with van der Waals surface area (Å²) in [5.41, 5.74) is 0.250. The van der Waals surface area contributed by atoms with Gasteiger partial charge in [0.25, 0.3) is 0 Å². The van der Waals surface area contributed by atoms with Gasteiger partial charge in [0.15, 0.2) is 6.17 Å². The Morgan fingerprint density at radius 2 is 1.74 bits per heavy atom. The standard InChI is InChI=1S/C19H26F3N3O2/c20-19(21,22)17(26)27-25-16-3-1-2-4-24(16)15(23-25)11-18-8-12-5-13(9-18)7-14(6-12)10-18/h12-14,16H,1-11H2. The van der Waals surface area contributed by atoms with Crippen LogP contribution in [0.3, 0.4) is 0 Å². The molecule has 4 saturated carbocycles. The van der Waals surface area contributed by atoms with Gasteiger partial charge in [-0.2, -0.15) is 13.2 Å². The van der Waals surface area contributed by atoms with Crippen molar-refractivity contribution in [1.82, 2.24) is 10.1 Å². The van der Waals surface area contributed by atoms with Gasteiger partial charge >= 0.3 is 12.1 Å². The van der Waals surface area contributed by atoms with Crippen LogP contribution in [-0.2, 0) is 9.63 Å². The van der Waals surface area contributed by atoms with Gasteiger partial charge in [0, 0.05) is 13.0 Å². The van der Waals surface area contributed by atoms with E-state index in [2.05, 4.69) is 14.8 Å². The number of hydrazone groups is 1. The number of carbonyl (C=O) groups excluding carboxylic acids is 1. The van der Waals surface area contributed by atoms with Gasteiger partial charge in [-0.25, -0.2) is 4.79 Å². The molecule has 0 aromatic rings. The van der Waals surface area contributed by atoms with E-state index < -0.39 is 12.1 Å². The number of hydroxylamine groups is 1. The molecule has 8 heteroatoms. The van der Waals surface area contributed by atoms with Crippen LogP contribution < -0.4 is 0 Å². The summed E-state index contributed by atoms with van der Waals surface area (Å²) in [5.74, 6) is 1.09. The summed E-state index contributed by atoms with van der Waals surface area (Å²) >= 11 is 0. The second-order valence-corrected chi connectivity index (χ2v) is 9.46. The summed E-state index contributed by atoms with van der Waals surface area (Å²) in [5, 5.41) is 5.33. The van der Waals surface area contributed by atoms with Crippen LogP contribution in [0.1, 0.15) is 64.2 Å². The summed E-state index contributed by atoms with van der Waals surface area (Å²) in [6.45, 7) is 0.774. The van der Waals surface area contributed by atoms with Crippen LogP contribution in [-0.4, -0.2) is 40.8 Å². The molecule has 2 aliphatic heterocycles. The number of alkyl halides is 3. The van der Waals surface area contributed by atoms with E-state index in [0.717, 1.165) is 54.6 Å². The highest BCUT2D eigenvalue weighted by molar-refractivity contribution is 5.84. The summed E-state index contributed by atoms with van der Waals surface area (Å²) in [6.07, 6.45) is 5.72. The number of hydrogen-bond acceptors (Lipinski definition) is 5. The van der Waals surface area contributed by atoms with Crippen molar-refractivity contribution in [3.8, 4) is 0 Å². The summed E-state index contributed by atoms with van der Waals surface area (Å²) < 4.78 is 37.9. The Hall–Kier alpha value is -1.47. The van der Waals surface area contributed by atoms with Crippen molar-refractivity contribution < 1.29 is 22.8 Å². The average molecular weight is 385 g/mol. The first kappa shape index (κ1) is 17.6. The highest BCUT2D eigenvalue weighted by Crippen LogP contribution is 2.61. The van der Waals surface area contributed by atoms with Gasteiger partial charge in [-0.1, -0.05) is 5.17 Å². The molecule has 0 radical (unpaired) electrons. The van der Waals surface area contributed by atoms with Crippen LogP contribution in [0.4, 0.5) is 13.2 Å². The molecule has 5 fully saturated rings. The van der Waals surface area contributed by atoms with E-state index in [4.69, 9.17) is 0 Å². The molecule has 27 heavy (non-hydrogen) atoms. The third-order valence-electron chi connectivity index (χ3n) is 7.38. The molecule has 6 aliphatic rings. The van der Waals surface area contributed by atoms with Crippen LogP contribution in [0.25, 0.3) is 0 Å². The maximum atomic E-state index is 12.6. The predicted octanol–water partition coefficient (Wildman–Crippen LogP) is 4.05. The highest BCUT2D eigenvalue weighted by Gasteiger charge is 2.53. The van der Waals surface area contributed by atoms with E-state index in [9.17, 15) is 18.0 Å². The molecule has 4 bridgehead atoms. The number of carbonyl (C=O) groups is 1. The molecule has 0 N–H and O–H groups in total. The fraction of sp³-hybridized carbons (Fsp3) is 0.895. The second-order valence-electron chi connectivity index (χ2n) is 9.46. The van der Waals surface area contributed by atoms with E-state index in [1.54, 1.807) is 0 Å². The van der Waals surface area contributed by atoms with Gasteiger partial charge in [-0.05, 0) is 81.0 Å². The number of piperidine rings is 1. The Balaban J connectivity index is 1.36. The van der Waals surface area contributed by atoms with Gasteiger partial charge in [0.2, 0.25) is 0 Å². The van der Waals surface area contributed by atoms with Gasteiger partial charge < -0.3 is 9.74 Å². The zero-order valence-corrected chi connectivity index (χ0v) is 15.4. The first-order valence-corrected chi connectivity index (χ1v) is 10.2. The summed E-state index contributed by atoms with van der Waals surface area (Å²) in [7, 11) is 0. The second kappa shape index (κ2) is 6.01. The molecule has 1 atom stereocenters. The fourth-order valence-electron chi connectivity index (χ4n) is 6.88. The third kappa shape index (κ3) is 3.09. The Morgan fingerprint density at radius 3 is 2.33 bits per heavy atom. The van der Waals surface area contributed by atoms with Crippen LogP contribution in [0, 0.1) is 23.2 Å². The van der Waals surface area contributed by atoms with E-state index in [0.29, 0.717) is 6.42 Å². The zero-order valence-electron chi connectivity index (χ0n) is 15.4. The fourth-order valence-corrected chi connectivity index (χ4v) is 6.88. The quantitative estimate of drug-likeness (QED) is 0.735. The number of halogens is 3. The molecule has 1 unspecified atom stereocenters. The Bertz CT molecular complexity index is 628. The SMILES string of the molecule is O=C(ON1N=C(CC23CC4CC(CC(C4)C2)C3)N2CCCCC12)C(F)(F)F. The third-order valence-corrected chi connectivity index (χ3v) is 7.38. The van der Waals surface area contributed by atoms with Crippen molar-refractivity contribution in [2.45, 2.75) is 76.6 Å². The molecule has 4 aliphatic carbocycles. The maximum Gasteiger partial charge on any atom is 0.493 e. The molecule has 0 aromatic heterocycles. The molecule has 150 valence electrons. The van der Waals surface area contributed by atoms with Crippen LogP contribution in [0.15, 0.2) is 5.10 Å². The van der Waals surface area contributed by atoms with Crippen molar-refractivity contribution >= 4 is 11.8 Å². The van der Waals surface area contributed by atoms with E-state index in [1.165, 1.54) is 38.5 Å². The lowest BCUT2D eigenvalue weighted by Gasteiger charge is -2.57. The first-order chi connectivity index (χ1) is 12.8. The Morgan fingerprint density at radius 1 is 1.11 bits per heavy atom. The topological polar surface area (TPSA) is 45.1 Å². The molecular formula is C19H26F3N3O2. The Labute approximate surface area is 156 Å². The van der Waals surface area contributed by atoms with Crippen molar-refractivity contribution in [3.63, 3.8) is 0 Å². The summed E-state index contributed by atoms with van der Waals surface area (Å²) in [4.78, 5) is 18.1. The molecule has 2 heterocycles. The number of nitrogens with zero attached hydrogens (tertiary/aromatic N) is 3. The lowest BCUT2D eigenvalue weighted by atomic mass is 9.49. The minimum atomic E-state index is -5.00. The van der Waals surface area contributed by atoms with Gasteiger partial charge in [-0.15, -0.1) is 5.10 Å². The lowest BCUT2D eigenvalue weighted by molar-refractivity contribution is -0.251. The maximum absolute atomic E-state index is 12.6. The first-order valence-electron chi connectivity index (χ1n) is 10.2. The lowest BCUT2D eigenvalue weighted by Crippen LogP contribution is -2.50. The predicted molar refractivity (Wildman–Crippen MR) is 91.0 cm³/mol. The number of rotatable bonds is 3. The monoisotopic (exact) mass is 385 g/mol. The van der Waals surface area contributed by atoms with E-state index in [-0.39, 0.29) is 11.6 Å². The number of amidine groups is 1. The van der Waals surface area contributed by atoms with Gasteiger partial charge in [0.05, 0.1) is 0 Å². The molecule has 0 amide bonds. The molecule has 0 aromatic carbocycles. The van der Waals surface area contributed by atoms with Crippen molar-refractivity contribution in [2.24, 2.45) is 28.3 Å². The molecule has 0 spiro atoms. The van der Waals surface area contributed by atoms with Crippen molar-refractivity contribution in [3.05, 3.63) is 0 Å².